The summed E-state index contributed by atoms with van der Waals surface area (Å²) in [5.74, 6) is -2.38. The molecule has 1 heterocycles. The highest BCUT2D eigenvalue weighted by Crippen LogP contribution is 2.22. The predicted molar refractivity (Wildman–Crippen MR) is 98.9 cm³/mol. The van der Waals surface area contributed by atoms with Gasteiger partial charge in [-0.05, 0) is 32.1 Å². The van der Waals surface area contributed by atoms with Gasteiger partial charge < -0.3 is 10.6 Å². The van der Waals surface area contributed by atoms with Crippen LogP contribution in [0.2, 0.25) is 0 Å². The number of alkyl halides is 2. The highest BCUT2D eigenvalue weighted by atomic mass is 127. The maximum Gasteiger partial charge on any atom is 0.350 e. The molecule has 0 radical (unpaired) electrons. The Morgan fingerprint density at radius 1 is 1.35 bits per heavy atom. The van der Waals surface area contributed by atoms with E-state index < -0.39 is 15.8 Å². The molecule has 0 aliphatic carbocycles. The third kappa shape index (κ3) is 7.04. The van der Waals surface area contributed by atoms with Crippen LogP contribution < -0.4 is 10.6 Å². The number of guanidine groups is 1. The smallest absolute Gasteiger partial charge is 0.350 e. The molecule has 1 saturated heterocycles. The van der Waals surface area contributed by atoms with E-state index in [2.05, 4.69) is 29.5 Å². The summed E-state index contributed by atoms with van der Waals surface area (Å²) in [6.45, 7) is 5.08. The third-order valence-electron chi connectivity index (χ3n) is 3.94. The van der Waals surface area contributed by atoms with Gasteiger partial charge in [-0.2, -0.15) is 13.1 Å². The number of piperidine rings is 1. The average Bonchev–Trinajstić information content (AvgIpc) is 2.51. The van der Waals surface area contributed by atoms with Crippen LogP contribution in [0.1, 0.15) is 33.1 Å². The molecule has 1 aliphatic rings. The summed E-state index contributed by atoms with van der Waals surface area (Å²) in [6.07, 6.45) is 2.11. The van der Waals surface area contributed by atoms with Crippen LogP contribution in [0.25, 0.3) is 0 Å². The molecule has 1 aliphatic heterocycles. The lowest BCUT2D eigenvalue weighted by Crippen LogP contribution is -2.46. The Hall–Kier alpha value is -0.230. The van der Waals surface area contributed by atoms with E-state index in [-0.39, 0.29) is 43.0 Å². The Morgan fingerprint density at radius 2 is 1.91 bits per heavy atom. The summed E-state index contributed by atoms with van der Waals surface area (Å²) >= 11 is 0. The van der Waals surface area contributed by atoms with Crippen LogP contribution in [0.15, 0.2) is 4.99 Å². The first-order valence-corrected chi connectivity index (χ1v) is 9.05. The molecule has 23 heavy (non-hydrogen) atoms. The van der Waals surface area contributed by atoms with Gasteiger partial charge in [0.25, 0.3) is 10.0 Å². The predicted octanol–water partition coefficient (Wildman–Crippen LogP) is 1.83. The Labute approximate surface area is 154 Å². The fraction of sp³-hybridized carbons (Fsp3) is 0.923. The summed E-state index contributed by atoms with van der Waals surface area (Å²) in [4.78, 5) is 4.13. The average molecular weight is 468 g/mol. The van der Waals surface area contributed by atoms with Crippen molar-refractivity contribution in [2.45, 2.75) is 44.9 Å². The van der Waals surface area contributed by atoms with Crippen molar-refractivity contribution in [1.82, 2.24) is 14.9 Å². The second kappa shape index (κ2) is 10.6. The second-order valence-corrected chi connectivity index (χ2v) is 7.46. The molecule has 0 amide bonds. The number of rotatable bonds is 6. The SMILES string of the molecule is CCC(C)NC(=NC)NCC1CCN(S(=O)(=O)C(F)F)CC1.I. The van der Waals surface area contributed by atoms with Gasteiger partial charge in [0.2, 0.25) is 0 Å². The fourth-order valence-electron chi connectivity index (χ4n) is 2.25. The van der Waals surface area contributed by atoms with Gasteiger partial charge in [0.15, 0.2) is 5.96 Å². The number of hydrogen-bond acceptors (Lipinski definition) is 3. The van der Waals surface area contributed by atoms with Gasteiger partial charge in [-0.15, -0.1) is 24.0 Å². The largest absolute Gasteiger partial charge is 0.356 e. The first-order chi connectivity index (χ1) is 10.3. The summed E-state index contributed by atoms with van der Waals surface area (Å²) < 4.78 is 48.6. The summed E-state index contributed by atoms with van der Waals surface area (Å²) in [7, 11) is -2.75. The normalized spacial score (nSPS) is 19.3. The van der Waals surface area contributed by atoms with Gasteiger partial charge in [-0.25, -0.2) is 8.42 Å². The van der Waals surface area contributed by atoms with Crippen molar-refractivity contribution in [3.8, 4) is 0 Å². The highest BCUT2D eigenvalue weighted by Gasteiger charge is 2.34. The van der Waals surface area contributed by atoms with E-state index >= 15 is 0 Å². The number of hydrogen-bond donors (Lipinski definition) is 2. The number of nitrogens with one attached hydrogen (secondary N) is 2. The van der Waals surface area contributed by atoms with Crippen LogP contribution in [-0.2, 0) is 10.0 Å². The fourth-order valence-corrected chi connectivity index (χ4v) is 3.20. The number of aliphatic imine (C=N–C) groups is 1. The Bertz CT molecular complexity index is 469. The summed E-state index contributed by atoms with van der Waals surface area (Å²) in [6, 6.07) is 0.309. The van der Waals surface area contributed by atoms with Gasteiger partial charge in [-0.1, -0.05) is 6.92 Å². The summed E-state index contributed by atoms with van der Waals surface area (Å²) in [5.41, 5.74) is 0. The maximum atomic E-state index is 12.5. The van der Waals surface area contributed by atoms with E-state index in [4.69, 9.17) is 0 Å². The highest BCUT2D eigenvalue weighted by molar-refractivity contribution is 14.0. The van der Waals surface area contributed by atoms with Crippen molar-refractivity contribution < 1.29 is 17.2 Å². The van der Waals surface area contributed by atoms with Crippen molar-refractivity contribution in [1.29, 1.82) is 0 Å². The molecule has 0 saturated carbocycles. The van der Waals surface area contributed by atoms with Gasteiger partial charge in [-0.3, -0.25) is 4.99 Å². The second-order valence-electron chi connectivity index (χ2n) is 5.55. The molecule has 0 aromatic carbocycles. The van der Waals surface area contributed by atoms with Crippen LogP contribution >= 0.6 is 24.0 Å². The van der Waals surface area contributed by atoms with E-state index in [1.54, 1.807) is 7.05 Å². The standard InChI is InChI=1S/C13H26F2N4O2S.HI/c1-4-10(2)18-13(16-3)17-9-11-5-7-19(8-6-11)22(20,21)12(14)15;/h10-12H,4-9H2,1-3H3,(H2,16,17,18);1H. The van der Waals surface area contributed by atoms with E-state index in [0.717, 1.165) is 10.7 Å². The Morgan fingerprint density at radius 3 is 2.35 bits per heavy atom. The van der Waals surface area contributed by atoms with Crippen molar-refractivity contribution in [3.05, 3.63) is 0 Å². The molecule has 1 fully saturated rings. The lowest BCUT2D eigenvalue weighted by atomic mass is 9.98. The first kappa shape index (κ1) is 22.8. The molecule has 10 heteroatoms. The van der Waals surface area contributed by atoms with Gasteiger partial charge in [0.05, 0.1) is 0 Å². The molecule has 138 valence electrons. The minimum Gasteiger partial charge on any atom is -0.356 e. The van der Waals surface area contributed by atoms with Crippen molar-refractivity contribution in [3.63, 3.8) is 0 Å². The number of sulfonamides is 1. The van der Waals surface area contributed by atoms with Crippen LogP contribution in [0.3, 0.4) is 0 Å². The molecule has 1 atom stereocenters. The third-order valence-corrected chi connectivity index (χ3v) is 5.47. The zero-order chi connectivity index (χ0) is 16.8. The van der Waals surface area contributed by atoms with Crippen LogP contribution in [0.5, 0.6) is 0 Å². The molecule has 0 aromatic rings. The minimum atomic E-state index is -4.44. The lowest BCUT2D eigenvalue weighted by Gasteiger charge is -2.31. The number of halogens is 3. The quantitative estimate of drug-likeness (QED) is 0.355. The van der Waals surface area contributed by atoms with Gasteiger partial charge in [0.1, 0.15) is 0 Å². The van der Waals surface area contributed by atoms with Crippen molar-refractivity contribution in [2.75, 3.05) is 26.7 Å². The molecule has 1 rings (SSSR count). The minimum absolute atomic E-state index is 0. The van der Waals surface area contributed by atoms with E-state index in [0.29, 0.717) is 31.4 Å². The molecule has 2 N–H and O–H groups in total. The molecular weight excluding hydrogens is 441 g/mol. The molecule has 0 bridgehead atoms. The van der Waals surface area contributed by atoms with Crippen LogP contribution in [0.4, 0.5) is 8.78 Å². The summed E-state index contributed by atoms with van der Waals surface area (Å²) in [5, 5.41) is 6.44. The molecule has 6 nitrogen and oxygen atoms in total. The lowest BCUT2D eigenvalue weighted by molar-refractivity contribution is 0.204. The molecule has 0 spiro atoms. The molecule has 0 aromatic heterocycles. The monoisotopic (exact) mass is 468 g/mol. The van der Waals surface area contributed by atoms with E-state index in [9.17, 15) is 17.2 Å². The molecular formula is C13H27F2IN4O2S. The number of nitrogens with zero attached hydrogens (tertiary/aromatic N) is 2. The van der Waals surface area contributed by atoms with Crippen LogP contribution in [0, 0.1) is 5.92 Å². The van der Waals surface area contributed by atoms with E-state index in [1.165, 1.54) is 0 Å². The Kier molecular flexibility index (Phi) is 10.5. The van der Waals surface area contributed by atoms with Crippen LogP contribution in [-0.4, -0.2) is 57.2 Å². The molecule has 1 unspecified atom stereocenters. The van der Waals surface area contributed by atoms with E-state index in [1.807, 2.05) is 0 Å². The van der Waals surface area contributed by atoms with Crippen molar-refractivity contribution >= 4 is 40.0 Å². The van der Waals surface area contributed by atoms with Gasteiger partial charge in [0, 0.05) is 32.7 Å². The first-order valence-electron chi connectivity index (χ1n) is 7.55. The van der Waals surface area contributed by atoms with Gasteiger partial charge >= 0.3 is 5.76 Å². The topological polar surface area (TPSA) is 73.8 Å². The Balaban J connectivity index is 0.00000484. The zero-order valence-electron chi connectivity index (χ0n) is 13.8. The zero-order valence-corrected chi connectivity index (χ0v) is 16.9. The maximum absolute atomic E-state index is 12.5. The van der Waals surface area contributed by atoms with Crippen molar-refractivity contribution in [2.24, 2.45) is 10.9 Å².